The van der Waals surface area contributed by atoms with Crippen LogP contribution in [-0.2, 0) is 16.1 Å². The van der Waals surface area contributed by atoms with E-state index < -0.39 is 0 Å². The van der Waals surface area contributed by atoms with Gasteiger partial charge in [-0.1, -0.05) is 36.2 Å². The van der Waals surface area contributed by atoms with Gasteiger partial charge in [-0.15, -0.1) is 0 Å². The van der Waals surface area contributed by atoms with Crippen molar-refractivity contribution in [3.63, 3.8) is 0 Å². The maximum Gasteiger partial charge on any atom is 0.225 e. The number of carbonyl (C=O) groups excluding carboxylic acids is 2. The minimum atomic E-state index is -0.211. The molecule has 0 saturated carbocycles. The second-order valence-corrected chi connectivity index (χ2v) is 8.19. The van der Waals surface area contributed by atoms with Crippen LogP contribution in [0.1, 0.15) is 50.2 Å². The first-order valence-corrected chi connectivity index (χ1v) is 10.4. The van der Waals surface area contributed by atoms with Crippen molar-refractivity contribution in [2.24, 2.45) is 5.92 Å². The lowest BCUT2D eigenvalue weighted by Gasteiger charge is -2.33. The molecule has 1 aromatic rings. The molecule has 2 atom stereocenters. The first kappa shape index (κ1) is 19.9. The molecule has 1 aromatic carbocycles. The average molecular weight is 372 g/mol. The van der Waals surface area contributed by atoms with Crippen molar-refractivity contribution in [2.45, 2.75) is 58.5 Å². The quantitative estimate of drug-likeness (QED) is 0.750. The molecule has 0 spiro atoms. The molecule has 5 heteroatoms. The van der Waals surface area contributed by atoms with E-state index >= 15 is 0 Å². The van der Waals surface area contributed by atoms with Gasteiger partial charge in [0.2, 0.25) is 11.8 Å². The van der Waals surface area contributed by atoms with Crippen LogP contribution < -0.4 is 5.32 Å². The predicted molar refractivity (Wildman–Crippen MR) is 107 cm³/mol. The molecule has 5 nitrogen and oxygen atoms in total. The van der Waals surface area contributed by atoms with Crippen LogP contribution in [0.5, 0.6) is 0 Å². The van der Waals surface area contributed by atoms with Gasteiger partial charge in [0.25, 0.3) is 0 Å². The minimum Gasteiger partial charge on any atom is -0.356 e. The fourth-order valence-electron chi connectivity index (χ4n) is 4.14. The van der Waals surface area contributed by atoms with E-state index in [9.17, 15) is 9.59 Å². The highest BCUT2D eigenvalue weighted by atomic mass is 16.2. The summed E-state index contributed by atoms with van der Waals surface area (Å²) in [6.45, 7) is 8.40. The van der Waals surface area contributed by atoms with E-state index in [-0.39, 0.29) is 17.7 Å². The largest absolute Gasteiger partial charge is 0.356 e. The number of carbonyl (C=O) groups is 2. The van der Waals surface area contributed by atoms with Gasteiger partial charge in [-0.3, -0.25) is 9.59 Å². The molecule has 148 valence electrons. The summed E-state index contributed by atoms with van der Waals surface area (Å²) in [5.41, 5.74) is 2.33. The van der Waals surface area contributed by atoms with Crippen LogP contribution >= 0.6 is 0 Å². The second-order valence-electron chi connectivity index (χ2n) is 8.19. The van der Waals surface area contributed by atoms with Crippen molar-refractivity contribution >= 4 is 11.8 Å². The summed E-state index contributed by atoms with van der Waals surface area (Å²) in [7, 11) is 0. The Hall–Kier alpha value is -1.88. The van der Waals surface area contributed by atoms with Crippen LogP contribution in [0.2, 0.25) is 0 Å². The highest BCUT2D eigenvalue weighted by Crippen LogP contribution is 2.21. The Bertz CT molecular complexity index is 643. The van der Waals surface area contributed by atoms with E-state index in [0.717, 1.165) is 18.5 Å². The van der Waals surface area contributed by atoms with Gasteiger partial charge in [-0.25, -0.2) is 0 Å². The molecule has 2 fully saturated rings. The SMILES string of the molecule is Cc1ccc(CN2CC(C(=O)NCCCN3CCCCC3C)CC2=O)cc1. The topological polar surface area (TPSA) is 52.7 Å². The highest BCUT2D eigenvalue weighted by molar-refractivity contribution is 5.89. The van der Waals surface area contributed by atoms with Gasteiger partial charge in [0.05, 0.1) is 5.92 Å². The number of rotatable bonds is 7. The third kappa shape index (κ3) is 5.55. The second kappa shape index (κ2) is 9.36. The Labute approximate surface area is 163 Å². The Morgan fingerprint density at radius 2 is 2.00 bits per heavy atom. The summed E-state index contributed by atoms with van der Waals surface area (Å²) in [5, 5.41) is 3.05. The Morgan fingerprint density at radius 3 is 2.74 bits per heavy atom. The smallest absolute Gasteiger partial charge is 0.225 e. The van der Waals surface area contributed by atoms with Crippen molar-refractivity contribution in [1.82, 2.24) is 15.1 Å². The van der Waals surface area contributed by atoms with Crippen LogP contribution in [0.15, 0.2) is 24.3 Å². The number of benzene rings is 1. The van der Waals surface area contributed by atoms with E-state index in [1.54, 1.807) is 0 Å². The fourth-order valence-corrected chi connectivity index (χ4v) is 4.14. The van der Waals surface area contributed by atoms with Crippen LogP contribution in [0, 0.1) is 12.8 Å². The number of nitrogens with one attached hydrogen (secondary N) is 1. The van der Waals surface area contributed by atoms with Gasteiger partial charge in [0.1, 0.15) is 0 Å². The Balaban J connectivity index is 1.39. The van der Waals surface area contributed by atoms with E-state index in [0.29, 0.717) is 32.1 Å². The van der Waals surface area contributed by atoms with Crippen molar-refractivity contribution in [2.75, 3.05) is 26.2 Å². The monoisotopic (exact) mass is 371 g/mol. The molecule has 2 aliphatic rings. The van der Waals surface area contributed by atoms with Gasteiger partial charge in [0.15, 0.2) is 0 Å². The van der Waals surface area contributed by atoms with E-state index in [4.69, 9.17) is 0 Å². The molecule has 0 aromatic heterocycles. The first-order valence-electron chi connectivity index (χ1n) is 10.4. The first-order chi connectivity index (χ1) is 13.0. The summed E-state index contributed by atoms with van der Waals surface area (Å²) < 4.78 is 0. The van der Waals surface area contributed by atoms with E-state index in [2.05, 4.69) is 48.3 Å². The molecule has 2 saturated heterocycles. The zero-order chi connectivity index (χ0) is 19.2. The molecule has 27 heavy (non-hydrogen) atoms. The molecule has 0 bridgehead atoms. The zero-order valence-corrected chi connectivity index (χ0v) is 16.7. The summed E-state index contributed by atoms with van der Waals surface area (Å²) in [6, 6.07) is 8.89. The summed E-state index contributed by atoms with van der Waals surface area (Å²) in [6.07, 6.45) is 5.22. The van der Waals surface area contributed by atoms with Crippen LogP contribution in [-0.4, -0.2) is 53.8 Å². The number of likely N-dealkylation sites (tertiary alicyclic amines) is 2. The number of aryl methyl sites for hydroxylation is 1. The van der Waals surface area contributed by atoms with Crippen molar-refractivity contribution in [1.29, 1.82) is 0 Å². The molecule has 2 amide bonds. The predicted octanol–water partition coefficient (Wildman–Crippen LogP) is 2.72. The van der Waals surface area contributed by atoms with Gasteiger partial charge in [-0.2, -0.15) is 0 Å². The normalized spacial score (nSPS) is 23.6. The maximum absolute atomic E-state index is 12.4. The van der Waals surface area contributed by atoms with Gasteiger partial charge < -0.3 is 15.1 Å². The number of hydrogen-bond acceptors (Lipinski definition) is 3. The van der Waals surface area contributed by atoms with E-state index in [1.807, 2.05) is 4.90 Å². The number of amides is 2. The molecular formula is C22H33N3O2. The van der Waals surface area contributed by atoms with Gasteiger partial charge in [-0.05, 0) is 45.2 Å². The maximum atomic E-state index is 12.4. The fraction of sp³-hybridized carbons (Fsp3) is 0.636. The third-order valence-electron chi connectivity index (χ3n) is 5.94. The average Bonchev–Trinajstić information content (AvgIpc) is 3.02. The molecule has 3 rings (SSSR count). The molecule has 2 heterocycles. The number of nitrogens with zero attached hydrogens (tertiary/aromatic N) is 2. The standard InChI is InChI=1S/C22H33N3O2/c1-17-7-9-19(10-8-17)15-25-16-20(14-21(25)26)22(27)23-11-5-13-24-12-4-3-6-18(24)2/h7-10,18,20H,3-6,11-16H2,1-2H3,(H,23,27). The molecule has 0 radical (unpaired) electrons. The molecule has 2 aliphatic heterocycles. The third-order valence-corrected chi connectivity index (χ3v) is 5.94. The van der Waals surface area contributed by atoms with Crippen LogP contribution in [0.4, 0.5) is 0 Å². The zero-order valence-electron chi connectivity index (χ0n) is 16.7. The molecule has 0 aliphatic carbocycles. The van der Waals surface area contributed by atoms with E-state index in [1.165, 1.54) is 31.4 Å². The Morgan fingerprint density at radius 1 is 1.22 bits per heavy atom. The molecule has 2 unspecified atom stereocenters. The van der Waals surface area contributed by atoms with Crippen LogP contribution in [0.25, 0.3) is 0 Å². The van der Waals surface area contributed by atoms with Crippen molar-refractivity contribution in [3.05, 3.63) is 35.4 Å². The lowest BCUT2D eigenvalue weighted by Crippen LogP contribution is -2.40. The van der Waals surface area contributed by atoms with Crippen molar-refractivity contribution in [3.8, 4) is 0 Å². The van der Waals surface area contributed by atoms with Gasteiger partial charge >= 0.3 is 0 Å². The summed E-state index contributed by atoms with van der Waals surface area (Å²) in [4.78, 5) is 29.1. The van der Waals surface area contributed by atoms with Crippen molar-refractivity contribution < 1.29 is 9.59 Å². The lowest BCUT2D eigenvalue weighted by atomic mass is 10.0. The highest BCUT2D eigenvalue weighted by Gasteiger charge is 2.34. The lowest BCUT2D eigenvalue weighted by molar-refractivity contribution is -0.129. The Kier molecular flexibility index (Phi) is 6.89. The number of piperidine rings is 1. The summed E-state index contributed by atoms with van der Waals surface area (Å²) >= 11 is 0. The summed E-state index contributed by atoms with van der Waals surface area (Å²) in [5.74, 6) is -0.101. The minimum absolute atomic E-state index is 0.0291. The molecule has 1 N–H and O–H groups in total. The molecular weight excluding hydrogens is 338 g/mol. The van der Waals surface area contributed by atoms with Crippen LogP contribution in [0.3, 0.4) is 0 Å². The van der Waals surface area contributed by atoms with Gasteiger partial charge in [0, 0.05) is 38.6 Å². The number of hydrogen-bond donors (Lipinski definition) is 1.